The number of thioether (sulfide) groups is 1. The van der Waals surface area contributed by atoms with E-state index in [0.717, 1.165) is 39.2 Å². The van der Waals surface area contributed by atoms with Gasteiger partial charge >= 0.3 is 0 Å². The maximum atomic E-state index is 4.76. The molecular weight excluding hydrogens is 338 g/mol. The van der Waals surface area contributed by atoms with E-state index in [2.05, 4.69) is 40.2 Å². The van der Waals surface area contributed by atoms with E-state index in [9.17, 15) is 0 Å². The number of para-hydroxylation sites is 2. The van der Waals surface area contributed by atoms with Crippen molar-refractivity contribution in [2.75, 3.05) is 0 Å². The Hall–Kier alpha value is -2.12. The van der Waals surface area contributed by atoms with Gasteiger partial charge < -0.3 is 4.57 Å². The lowest BCUT2D eigenvalue weighted by molar-refractivity contribution is 0.702. The summed E-state index contributed by atoms with van der Waals surface area (Å²) < 4.78 is 4.06. The lowest BCUT2D eigenvalue weighted by Crippen LogP contribution is -1.96. The Morgan fingerprint density at radius 3 is 2.88 bits per heavy atom. The standard InChI is InChI=1S/C17H17N5S2/c1-3-22-15-7-5-4-6-14(15)20-17(22)24-11-13-10-23-16(19-13)12-8-18-21(2)9-12/h4-10H,3,11H2,1-2H3. The minimum atomic E-state index is 0.820. The number of imidazole rings is 1. The lowest BCUT2D eigenvalue weighted by Gasteiger charge is -2.04. The van der Waals surface area contributed by atoms with E-state index in [1.54, 1.807) is 27.8 Å². The zero-order chi connectivity index (χ0) is 16.5. The van der Waals surface area contributed by atoms with Crippen molar-refractivity contribution in [2.45, 2.75) is 24.4 Å². The fourth-order valence-electron chi connectivity index (χ4n) is 2.65. The van der Waals surface area contributed by atoms with Crippen LogP contribution >= 0.6 is 23.1 Å². The molecule has 0 aliphatic carbocycles. The zero-order valence-corrected chi connectivity index (χ0v) is 15.1. The van der Waals surface area contributed by atoms with Crippen LogP contribution in [0, 0.1) is 0 Å². The second kappa shape index (κ2) is 6.41. The first-order valence-corrected chi connectivity index (χ1v) is 9.62. The van der Waals surface area contributed by atoms with Crippen LogP contribution in [0.2, 0.25) is 0 Å². The number of aromatic nitrogens is 5. The number of benzene rings is 1. The number of rotatable bonds is 5. The molecule has 0 radical (unpaired) electrons. The van der Waals surface area contributed by atoms with Crippen molar-refractivity contribution in [2.24, 2.45) is 7.05 Å². The van der Waals surface area contributed by atoms with Crippen molar-refractivity contribution >= 4 is 34.1 Å². The molecule has 0 aliphatic rings. The molecule has 122 valence electrons. The summed E-state index contributed by atoms with van der Waals surface area (Å²) in [7, 11) is 1.92. The molecule has 0 aliphatic heterocycles. The van der Waals surface area contributed by atoms with Crippen LogP contribution in [0.4, 0.5) is 0 Å². The molecule has 4 aromatic rings. The average molecular weight is 355 g/mol. The van der Waals surface area contributed by atoms with E-state index < -0.39 is 0 Å². The third-order valence-electron chi connectivity index (χ3n) is 3.79. The van der Waals surface area contributed by atoms with Crippen molar-refractivity contribution in [3.63, 3.8) is 0 Å². The Kier molecular flexibility index (Phi) is 4.12. The van der Waals surface area contributed by atoms with E-state index >= 15 is 0 Å². The molecule has 0 saturated heterocycles. The molecule has 7 heteroatoms. The van der Waals surface area contributed by atoms with Crippen molar-refractivity contribution in [1.29, 1.82) is 0 Å². The van der Waals surface area contributed by atoms with Gasteiger partial charge in [0.2, 0.25) is 0 Å². The van der Waals surface area contributed by atoms with Crippen molar-refractivity contribution < 1.29 is 0 Å². The fraction of sp³-hybridized carbons (Fsp3) is 0.235. The monoisotopic (exact) mass is 355 g/mol. The van der Waals surface area contributed by atoms with Crippen LogP contribution < -0.4 is 0 Å². The summed E-state index contributed by atoms with van der Waals surface area (Å²) in [5.74, 6) is 0.820. The highest BCUT2D eigenvalue weighted by atomic mass is 32.2. The van der Waals surface area contributed by atoms with Crippen LogP contribution in [0.25, 0.3) is 21.6 Å². The second-order valence-corrected chi connectivity index (χ2v) is 7.26. The largest absolute Gasteiger partial charge is 0.319 e. The molecule has 0 fully saturated rings. The van der Waals surface area contributed by atoms with Gasteiger partial charge in [0.05, 0.1) is 22.9 Å². The molecular formula is C17H17N5S2. The van der Waals surface area contributed by atoms with Gasteiger partial charge in [-0.15, -0.1) is 11.3 Å². The first kappa shape index (κ1) is 15.4. The number of aryl methyl sites for hydroxylation is 2. The summed E-state index contributed by atoms with van der Waals surface area (Å²) in [6.07, 6.45) is 3.85. The normalized spacial score (nSPS) is 11.4. The summed E-state index contributed by atoms with van der Waals surface area (Å²) in [6.45, 7) is 3.07. The second-order valence-electron chi connectivity index (χ2n) is 5.46. The number of thiazole rings is 1. The van der Waals surface area contributed by atoms with Crippen LogP contribution in [0.15, 0.2) is 47.2 Å². The molecule has 0 unspecified atom stereocenters. The lowest BCUT2D eigenvalue weighted by atomic mass is 10.3. The van der Waals surface area contributed by atoms with Crippen molar-refractivity contribution in [1.82, 2.24) is 24.3 Å². The smallest absolute Gasteiger partial charge is 0.169 e. The highest BCUT2D eigenvalue weighted by molar-refractivity contribution is 7.98. The zero-order valence-electron chi connectivity index (χ0n) is 13.5. The maximum absolute atomic E-state index is 4.76. The van der Waals surface area contributed by atoms with Gasteiger partial charge in [0, 0.05) is 36.5 Å². The van der Waals surface area contributed by atoms with Crippen LogP contribution in [-0.2, 0) is 19.3 Å². The Balaban J connectivity index is 1.54. The number of hydrogen-bond donors (Lipinski definition) is 0. The molecule has 0 atom stereocenters. The molecule has 1 aromatic carbocycles. The van der Waals surface area contributed by atoms with Gasteiger partial charge in [0.1, 0.15) is 5.01 Å². The summed E-state index contributed by atoms with van der Waals surface area (Å²) in [5, 5.41) is 8.39. The molecule has 0 saturated carbocycles. The first-order chi connectivity index (χ1) is 11.7. The predicted octanol–water partition coefficient (Wildman–Crippen LogP) is 4.21. The summed E-state index contributed by atoms with van der Waals surface area (Å²) in [6, 6.07) is 8.28. The van der Waals surface area contributed by atoms with E-state index in [0.29, 0.717) is 0 Å². The number of nitrogens with zero attached hydrogens (tertiary/aromatic N) is 5. The highest BCUT2D eigenvalue weighted by Crippen LogP contribution is 2.29. The van der Waals surface area contributed by atoms with Gasteiger partial charge in [-0.25, -0.2) is 9.97 Å². The molecule has 5 nitrogen and oxygen atoms in total. The third-order valence-corrected chi connectivity index (χ3v) is 5.74. The highest BCUT2D eigenvalue weighted by Gasteiger charge is 2.12. The van der Waals surface area contributed by atoms with E-state index in [1.165, 1.54) is 5.52 Å². The topological polar surface area (TPSA) is 48.5 Å². The molecule has 3 heterocycles. The number of hydrogen-bond acceptors (Lipinski definition) is 5. The number of fused-ring (bicyclic) bond motifs is 1. The van der Waals surface area contributed by atoms with Gasteiger partial charge in [0.25, 0.3) is 0 Å². The Morgan fingerprint density at radius 1 is 1.21 bits per heavy atom. The van der Waals surface area contributed by atoms with Gasteiger partial charge in [-0.05, 0) is 19.1 Å². The molecule has 3 aromatic heterocycles. The van der Waals surface area contributed by atoms with E-state index in [1.807, 2.05) is 25.5 Å². The van der Waals surface area contributed by atoms with Crippen LogP contribution in [0.1, 0.15) is 12.6 Å². The quantitative estimate of drug-likeness (QED) is 0.503. The van der Waals surface area contributed by atoms with Crippen LogP contribution in [0.5, 0.6) is 0 Å². The van der Waals surface area contributed by atoms with Crippen LogP contribution in [0.3, 0.4) is 0 Å². The minimum absolute atomic E-state index is 0.820. The van der Waals surface area contributed by atoms with Crippen LogP contribution in [-0.4, -0.2) is 24.3 Å². The molecule has 4 rings (SSSR count). The summed E-state index contributed by atoms with van der Waals surface area (Å²) in [4.78, 5) is 9.48. The first-order valence-electron chi connectivity index (χ1n) is 7.76. The Bertz CT molecular complexity index is 982. The van der Waals surface area contributed by atoms with E-state index in [4.69, 9.17) is 9.97 Å². The fourth-order valence-corrected chi connectivity index (χ4v) is 4.52. The third kappa shape index (κ3) is 2.85. The van der Waals surface area contributed by atoms with Gasteiger partial charge in [-0.2, -0.15) is 5.10 Å². The maximum Gasteiger partial charge on any atom is 0.169 e. The van der Waals surface area contributed by atoms with Crippen molar-refractivity contribution in [3.05, 3.63) is 47.7 Å². The van der Waals surface area contributed by atoms with Gasteiger partial charge in [-0.3, -0.25) is 4.68 Å². The molecule has 0 bridgehead atoms. The minimum Gasteiger partial charge on any atom is -0.319 e. The van der Waals surface area contributed by atoms with E-state index in [-0.39, 0.29) is 0 Å². The summed E-state index contributed by atoms with van der Waals surface area (Å²) in [5.41, 5.74) is 4.39. The SMILES string of the molecule is CCn1c(SCc2csc(-c3cnn(C)c3)n2)nc2ccccc21. The van der Waals surface area contributed by atoms with Crippen molar-refractivity contribution in [3.8, 4) is 10.6 Å². The average Bonchev–Trinajstić information content (AvgIpc) is 3.30. The summed E-state index contributed by atoms with van der Waals surface area (Å²) >= 11 is 3.40. The molecule has 24 heavy (non-hydrogen) atoms. The Morgan fingerprint density at radius 2 is 2.08 bits per heavy atom. The molecule has 0 amide bonds. The van der Waals surface area contributed by atoms with Gasteiger partial charge in [-0.1, -0.05) is 23.9 Å². The molecule has 0 spiro atoms. The Labute approximate surface area is 148 Å². The van der Waals surface area contributed by atoms with Gasteiger partial charge in [0.15, 0.2) is 5.16 Å². The molecule has 0 N–H and O–H groups in total. The predicted molar refractivity (Wildman–Crippen MR) is 99.3 cm³/mol.